The van der Waals surface area contributed by atoms with Gasteiger partial charge in [0.05, 0.1) is 0 Å². The monoisotopic (exact) mass is 250 g/mol. The van der Waals surface area contributed by atoms with Crippen molar-refractivity contribution in [1.29, 1.82) is 0 Å². The topological polar surface area (TPSA) is 48.1 Å². The minimum absolute atomic E-state index is 0.141. The number of rotatable bonds is 3. The molecule has 1 unspecified atom stereocenters. The number of hydrogen-bond acceptors (Lipinski definition) is 3. The third-order valence-electron chi connectivity index (χ3n) is 2.42. The number of aromatic nitrogens is 1. The fourth-order valence-electron chi connectivity index (χ4n) is 1.40. The summed E-state index contributed by atoms with van der Waals surface area (Å²) in [6, 6.07) is 6.86. The maximum atomic E-state index is 13.3. The number of halogens is 2. The molecule has 3 nitrogen and oxygen atoms in total. The first-order valence-corrected chi connectivity index (χ1v) is 5.41. The maximum Gasteiger partial charge on any atom is 0.219 e. The van der Waals surface area contributed by atoms with E-state index in [1.807, 2.05) is 6.92 Å². The average Bonchev–Trinajstić information content (AvgIpc) is 2.36. The van der Waals surface area contributed by atoms with Crippen molar-refractivity contribution in [2.75, 3.05) is 0 Å². The molecular formula is C13H12F2N2O. The van der Waals surface area contributed by atoms with Crippen LogP contribution in [-0.2, 0) is 0 Å². The van der Waals surface area contributed by atoms with Gasteiger partial charge < -0.3 is 10.5 Å². The van der Waals surface area contributed by atoms with E-state index >= 15 is 0 Å². The first-order valence-electron chi connectivity index (χ1n) is 5.41. The van der Waals surface area contributed by atoms with Gasteiger partial charge in [0.15, 0.2) is 11.6 Å². The van der Waals surface area contributed by atoms with Gasteiger partial charge in [-0.05, 0) is 24.6 Å². The zero-order chi connectivity index (χ0) is 13.1. The summed E-state index contributed by atoms with van der Waals surface area (Å²) in [4.78, 5) is 3.97. The van der Waals surface area contributed by atoms with Crippen molar-refractivity contribution in [2.24, 2.45) is 5.73 Å². The van der Waals surface area contributed by atoms with Crippen molar-refractivity contribution < 1.29 is 13.5 Å². The number of hydrogen-bond donors (Lipinski definition) is 1. The quantitative estimate of drug-likeness (QED) is 0.910. The first-order chi connectivity index (χ1) is 8.58. The molecule has 94 valence electrons. The number of pyridine rings is 1. The molecule has 1 aromatic carbocycles. The van der Waals surface area contributed by atoms with Gasteiger partial charge in [-0.15, -0.1) is 0 Å². The SMILES string of the molecule is CC(N)c1ccc(Oc2cccc(F)c2F)nc1. The van der Waals surface area contributed by atoms with Crippen molar-refractivity contribution >= 4 is 0 Å². The highest BCUT2D eigenvalue weighted by atomic mass is 19.2. The van der Waals surface area contributed by atoms with Crippen LogP contribution in [0.15, 0.2) is 36.5 Å². The average molecular weight is 250 g/mol. The molecule has 2 aromatic rings. The molecule has 0 fully saturated rings. The molecule has 5 heteroatoms. The Morgan fingerprint density at radius 3 is 2.61 bits per heavy atom. The molecule has 1 aromatic heterocycles. The second-order valence-corrected chi connectivity index (χ2v) is 3.87. The summed E-state index contributed by atoms with van der Waals surface area (Å²) in [6.45, 7) is 1.82. The number of nitrogens with zero attached hydrogens (tertiary/aromatic N) is 1. The van der Waals surface area contributed by atoms with Crippen LogP contribution in [0.3, 0.4) is 0 Å². The summed E-state index contributed by atoms with van der Waals surface area (Å²) >= 11 is 0. The van der Waals surface area contributed by atoms with Gasteiger partial charge >= 0.3 is 0 Å². The molecule has 2 rings (SSSR count). The van der Waals surface area contributed by atoms with Crippen LogP contribution in [-0.4, -0.2) is 4.98 Å². The van der Waals surface area contributed by atoms with Crippen molar-refractivity contribution in [2.45, 2.75) is 13.0 Å². The standard InChI is InChI=1S/C13H12F2N2O/c1-8(16)9-5-6-12(17-7-9)18-11-4-2-3-10(14)13(11)15/h2-8H,16H2,1H3. The lowest BCUT2D eigenvalue weighted by molar-refractivity contribution is 0.405. The molecule has 0 saturated heterocycles. The van der Waals surface area contributed by atoms with Crippen molar-refractivity contribution in [3.63, 3.8) is 0 Å². The molecule has 2 N–H and O–H groups in total. The summed E-state index contributed by atoms with van der Waals surface area (Å²) in [6.07, 6.45) is 1.54. The predicted octanol–water partition coefficient (Wildman–Crippen LogP) is 3.17. The van der Waals surface area contributed by atoms with E-state index in [4.69, 9.17) is 10.5 Å². The van der Waals surface area contributed by atoms with Crippen LogP contribution in [0.4, 0.5) is 8.78 Å². The highest BCUT2D eigenvalue weighted by Crippen LogP contribution is 2.24. The summed E-state index contributed by atoms with van der Waals surface area (Å²) in [7, 11) is 0. The Balaban J connectivity index is 2.21. The number of nitrogens with two attached hydrogens (primary N) is 1. The second kappa shape index (κ2) is 5.10. The molecule has 18 heavy (non-hydrogen) atoms. The van der Waals surface area contributed by atoms with Crippen LogP contribution in [0.25, 0.3) is 0 Å². The molecule has 0 radical (unpaired) electrons. The van der Waals surface area contributed by atoms with Gasteiger partial charge in [0.2, 0.25) is 11.7 Å². The van der Waals surface area contributed by atoms with Gasteiger partial charge in [0.1, 0.15) is 0 Å². The molecule has 0 amide bonds. The number of benzene rings is 1. The fourth-order valence-corrected chi connectivity index (χ4v) is 1.40. The van der Waals surface area contributed by atoms with Crippen LogP contribution in [0.1, 0.15) is 18.5 Å². The van der Waals surface area contributed by atoms with Gasteiger partial charge in [-0.3, -0.25) is 0 Å². The Bertz CT molecular complexity index is 541. The third-order valence-corrected chi connectivity index (χ3v) is 2.42. The Kier molecular flexibility index (Phi) is 3.53. The van der Waals surface area contributed by atoms with E-state index in [0.717, 1.165) is 11.6 Å². The van der Waals surface area contributed by atoms with Gasteiger partial charge in [0, 0.05) is 18.3 Å². The van der Waals surface area contributed by atoms with Crippen LogP contribution in [0.5, 0.6) is 11.6 Å². The molecule has 0 bridgehead atoms. The minimum atomic E-state index is -1.03. The molecule has 0 saturated carbocycles. The lowest BCUT2D eigenvalue weighted by atomic mass is 10.2. The Morgan fingerprint density at radius 2 is 2.00 bits per heavy atom. The molecule has 0 aliphatic carbocycles. The Morgan fingerprint density at radius 1 is 1.22 bits per heavy atom. The first kappa shape index (κ1) is 12.4. The zero-order valence-corrected chi connectivity index (χ0v) is 9.73. The van der Waals surface area contributed by atoms with E-state index < -0.39 is 11.6 Å². The van der Waals surface area contributed by atoms with Gasteiger partial charge in [0.25, 0.3) is 0 Å². The molecule has 0 aliphatic heterocycles. The minimum Gasteiger partial charge on any atom is -0.436 e. The molecular weight excluding hydrogens is 238 g/mol. The van der Waals surface area contributed by atoms with E-state index in [9.17, 15) is 8.78 Å². The van der Waals surface area contributed by atoms with Crippen molar-refractivity contribution in [1.82, 2.24) is 4.98 Å². The second-order valence-electron chi connectivity index (χ2n) is 3.87. The predicted molar refractivity (Wildman–Crippen MR) is 63.3 cm³/mol. The van der Waals surface area contributed by atoms with Crippen LogP contribution in [0, 0.1) is 11.6 Å². The van der Waals surface area contributed by atoms with Crippen molar-refractivity contribution in [3.8, 4) is 11.6 Å². The summed E-state index contributed by atoms with van der Waals surface area (Å²) in [5, 5.41) is 0. The van der Waals surface area contributed by atoms with E-state index in [-0.39, 0.29) is 17.7 Å². The van der Waals surface area contributed by atoms with Gasteiger partial charge in [-0.25, -0.2) is 9.37 Å². The van der Waals surface area contributed by atoms with E-state index in [2.05, 4.69) is 4.98 Å². The van der Waals surface area contributed by atoms with E-state index in [0.29, 0.717) is 0 Å². The Labute approximate surface area is 103 Å². The maximum absolute atomic E-state index is 13.3. The van der Waals surface area contributed by atoms with Gasteiger partial charge in [-0.1, -0.05) is 12.1 Å². The van der Waals surface area contributed by atoms with E-state index in [1.165, 1.54) is 18.3 Å². The zero-order valence-electron chi connectivity index (χ0n) is 9.73. The smallest absolute Gasteiger partial charge is 0.219 e. The lowest BCUT2D eigenvalue weighted by Crippen LogP contribution is -2.05. The van der Waals surface area contributed by atoms with Crippen LogP contribution >= 0.6 is 0 Å². The van der Waals surface area contributed by atoms with E-state index in [1.54, 1.807) is 12.1 Å². The fraction of sp³-hybridized carbons (Fsp3) is 0.154. The largest absolute Gasteiger partial charge is 0.436 e. The Hall–Kier alpha value is -2.01. The summed E-state index contributed by atoms with van der Waals surface area (Å²) < 4.78 is 31.5. The normalized spacial score (nSPS) is 12.2. The number of ether oxygens (including phenoxy) is 1. The molecule has 1 atom stereocenters. The van der Waals surface area contributed by atoms with Crippen LogP contribution in [0.2, 0.25) is 0 Å². The molecule has 0 aliphatic rings. The summed E-state index contributed by atoms with van der Waals surface area (Å²) in [5.74, 6) is -2.00. The highest BCUT2D eigenvalue weighted by molar-refractivity contribution is 5.30. The summed E-state index contributed by atoms with van der Waals surface area (Å²) in [5.41, 5.74) is 6.51. The molecule has 1 heterocycles. The van der Waals surface area contributed by atoms with Crippen molar-refractivity contribution in [3.05, 3.63) is 53.7 Å². The lowest BCUT2D eigenvalue weighted by Gasteiger charge is -2.08. The molecule has 0 spiro atoms. The highest BCUT2D eigenvalue weighted by Gasteiger charge is 2.10. The van der Waals surface area contributed by atoms with Gasteiger partial charge in [-0.2, -0.15) is 4.39 Å². The van der Waals surface area contributed by atoms with Crippen LogP contribution < -0.4 is 10.5 Å². The third kappa shape index (κ3) is 2.62.